The maximum Gasteiger partial charge on any atom is 0.321 e. The first-order valence-corrected chi connectivity index (χ1v) is 6.49. The van der Waals surface area contributed by atoms with Crippen molar-refractivity contribution in [1.29, 1.82) is 0 Å². The molecule has 1 aromatic rings. The molecule has 0 aliphatic heterocycles. The molecular formula is C9H13N3O6S. The maximum atomic E-state index is 12.1. The number of aromatic amines is 1. The fraction of sp³-hybridized carbons (Fsp3) is 0.444. The van der Waals surface area contributed by atoms with Crippen molar-refractivity contribution in [2.45, 2.75) is 5.03 Å². The summed E-state index contributed by atoms with van der Waals surface area (Å²) in [5.74, 6) is -1.60. The molecule has 0 saturated carbocycles. The number of carbonyl (C=O) groups excluding carboxylic acids is 2. The Bertz CT molecular complexity index is 520. The van der Waals surface area contributed by atoms with Gasteiger partial charge in [-0.25, -0.2) is 8.42 Å². The summed E-state index contributed by atoms with van der Waals surface area (Å²) in [6, 6.07) is 1.21. The molecule has 1 heterocycles. The van der Waals surface area contributed by atoms with Crippen LogP contribution in [0.25, 0.3) is 0 Å². The largest absolute Gasteiger partial charge is 0.468 e. The Morgan fingerprint density at radius 1 is 1.26 bits per heavy atom. The van der Waals surface area contributed by atoms with E-state index in [1.807, 2.05) is 0 Å². The lowest BCUT2D eigenvalue weighted by Crippen LogP contribution is -2.40. The highest BCUT2D eigenvalue weighted by atomic mass is 32.2. The lowest BCUT2D eigenvalue weighted by molar-refractivity contribution is -0.143. The number of esters is 2. The number of ether oxygens (including phenoxy) is 2. The summed E-state index contributed by atoms with van der Waals surface area (Å²) in [5, 5.41) is 5.53. The molecule has 9 nitrogen and oxygen atoms in total. The SMILES string of the molecule is COC(=O)CN(CC(=O)OC)S(=O)(=O)c1ccn[nH]1. The van der Waals surface area contributed by atoms with Gasteiger partial charge in [0.1, 0.15) is 13.1 Å². The molecule has 0 aliphatic carbocycles. The van der Waals surface area contributed by atoms with E-state index in [4.69, 9.17) is 0 Å². The van der Waals surface area contributed by atoms with Crippen molar-refractivity contribution in [3.8, 4) is 0 Å². The Labute approximate surface area is 109 Å². The highest BCUT2D eigenvalue weighted by molar-refractivity contribution is 7.89. The first-order valence-electron chi connectivity index (χ1n) is 5.05. The van der Waals surface area contributed by atoms with Gasteiger partial charge in [0.25, 0.3) is 10.0 Å². The Kier molecular flexibility index (Phi) is 5.01. The van der Waals surface area contributed by atoms with Crippen molar-refractivity contribution in [2.24, 2.45) is 0 Å². The minimum Gasteiger partial charge on any atom is -0.468 e. The summed E-state index contributed by atoms with van der Waals surface area (Å²) in [7, 11) is -1.83. The molecule has 106 valence electrons. The smallest absolute Gasteiger partial charge is 0.321 e. The van der Waals surface area contributed by atoms with E-state index in [9.17, 15) is 18.0 Å². The molecule has 0 atom stereocenters. The molecule has 0 spiro atoms. The second-order valence-electron chi connectivity index (χ2n) is 3.35. The van der Waals surface area contributed by atoms with Crippen LogP contribution in [0, 0.1) is 0 Å². The molecule has 1 aromatic heterocycles. The summed E-state index contributed by atoms with van der Waals surface area (Å²) in [6.45, 7) is -1.21. The van der Waals surface area contributed by atoms with E-state index in [-0.39, 0.29) is 5.03 Å². The van der Waals surface area contributed by atoms with Gasteiger partial charge in [-0.15, -0.1) is 0 Å². The van der Waals surface area contributed by atoms with Crippen LogP contribution in [-0.2, 0) is 29.1 Å². The molecule has 1 N–H and O–H groups in total. The normalized spacial score (nSPS) is 11.3. The second-order valence-corrected chi connectivity index (χ2v) is 5.25. The molecule has 0 radical (unpaired) electrons. The van der Waals surface area contributed by atoms with Crippen LogP contribution in [0.1, 0.15) is 0 Å². The van der Waals surface area contributed by atoms with Crippen molar-refractivity contribution < 1.29 is 27.5 Å². The van der Waals surface area contributed by atoms with Gasteiger partial charge < -0.3 is 9.47 Å². The summed E-state index contributed by atoms with van der Waals surface area (Å²) >= 11 is 0. The van der Waals surface area contributed by atoms with Crippen LogP contribution >= 0.6 is 0 Å². The van der Waals surface area contributed by atoms with Crippen molar-refractivity contribution in [2.75, 3.05) is 27.3 Å². The van der Waals surface area contributed by atoms with E-state index in [1.54, 1.807) is 0 Å². The van der Waals surface area contributed by atoms with Gasteiger partial charge in [-0.05, 0) is 6.07 Å². The molecule has 0 amide bonds. The van der Waals surface area contributed by atoms with Crippen molar-refractivity contribution >= 4 is 22.0 Å². The topological polar surface area (TPSA) is 119 Å². The Hall–Kier alpha value is -1.94. The second kappa shape index (κ2) is 6.29. The predicted molar refractivity (Wildman–Crippen MR) is 61.4 cm³/mol. The molecule has 0 bridgehead atoms. The third kappa shape index (κ3) is 3.76. The number of nitrogens with one attached hydrogen (secondary N) is 1. The summed E-state index contributed by atoms with van der Waals surface area (Å²) in [5.41, 5.74) is 0. The third-order valence-electron chi connectivity index (χ3n) is 2.16. The first kappa shape index (κ1) is 15.1. The van der Waals surface area contributed by atoms with E-state index in [1.165, 1.54) is 12.3 Å². The standard InChI is InChI=1S/C9H13N3O6S/c1-17-8(13)5-12(6-9(14)18-2)19(15,16)7-3-4-10-11-7/h3-4H,5-6H2,1-2H3,(H,10,11). The maximum absolute atomic E-state index is 12.1. The summed E-state index contributed by atoms with van der Waals surface area (Å²) in [6.07, 6.45) is 1.24. The number of H-pyrrole nitrogens is 1. The highest BCUT2D eigenvalue weighted by Crippen LogP contribution is 2.12. The average Bonchev–Trinajstić information content (AvgIpc) is 2.91. The van der Waals surface area contributed by atoms with Crippen molar-refractivity contribution in [3.05, 3.63) is 12.3 Å². The highest BCUT2D eigenvalue weighted by Gasteiger charge is 2.30. The number of hydrogen-bond donors (Lipinski definition) is 1. The minimum atomic E-state index is -4.05. The van der Waals surface area contributed by atoms with Crippen molar-refractivity contribution in [1.82, 2.24) is 14.5 Å². The molecule has 10 heteroatoms. The average molecular weight is 291 g/mol. The monoisotopic (exact) mass is 291 g/mol. The Balaban J connectivity index is 3.01. The van der Waals surface area contributed by atoms with Gasteiger partial charge in [0, 0.05) is 0 Å². The number of sulfonamides is 1. The van der Waals surface area contributed by atoms with Crippen LogP contribution in [0.15, 0.2) is 17.3 Å². The van der Waals surface area contributed by atoms with Gasteiger partial charge in [-0.1, -0.05) is 0 Å². The Morgan fingerprint density at radius 3 is 2.16 bits per heavy atom. The number of methoxy groups -OCH3 is 2. The lowest BCUT2D eigenvalue weighted by atomic mass is 10.6. The van der Waals surface area contributed by atoms with Gasteiger partial charge >= 0.3 is 11.9 Å². The summed E-state index contributed by atoms with van der Waals surface area (Å²) in [4.78, 5) is 22.4. The third-order valence-corrected chi connectivity index (χ3v) is 3.88. The molecule has 0 unspecified atom stereocenters. The van der Waals surface area contributed by atoms with E-state index >= 15 is 0 Å². The lowest BCUT2D eigenvalue weighted by Gasteiger charge is -2.18. The van der Waals surface area contributed by atoms with Crippen LogP contribution in [0.5, 0.6) is 0 Å². The molecular weight excluding hydrogens is 278 g/mol. The number of carbonyl (C=O) groups is 2. The van der Waals surface area contributed by atoms with Gasteiger partial charge in [0.05, 0.1) is 20.4 Å². The van der Waals surface area contributed by atoms with Crippen LogP contribution in [-0.4, -0.2) is 62.2 Å². The minimum absolute atomic E-state index is 0.236. The van der Waals surface area contributed by atoms with Gasteiger partial charge in [-0.3, -0.25) is 14.7 Å². The number of aromatic nitrogens is 2. The zero-order valence-corrected chi connectivity index (χ0v) is 11.1. The molecule has 1 rings (SSSR count). The fourth-order valence-corrected chi connectivity index (χ4v) is 2.40. The van der Waals surface area contributed by atoms with Crippen LogP contribution in [0.3, 0.4) is 0 Å². The van der Waals surface area contributed by atoms with E-state index < -0.39 is 35.1 Å². The van der Waals surface area contributed by atoms with Gasteiger partial charge in [0.15, 0.2) is 5.03 Å². The first-order chi connectivity index (χ1) is 8.91. The van der Waals surface area contributed by atoms with E-state index in [0.29, 0.717) is 4.31 Å². The van der Waals surface area contributed by atoms with Gasteiger partial charge in [-0.2, -0.15) is 9.40 Å². The van der Waals surface area contributed by atoms with Crippen LogP contribution in [0.4, 0.5) is 0 Å². The molecule has 0 saturated heterocycles. The number of rotatable bonds is 6. The quantitative estimate of drug-likeness (QED) is 0.650. The number of hydrogen-bond acceptors (Lipinski definition) is 7. The van der Waals surface area contributed by atoms with E-state index in [2.05, 4.69) is 19.7 Å². The van der Waals surface area contributed by atoms with E-state index in [0.717, 1.165) is 14.2 Å². The zero-order chi connectivity index (χ0) is 14.5. The molecule has 19 heavy (non-hydrogen) atoms. The Morgan fingerprint density at radius 2 is 1.79 bits per heavy atom. The zero-order valence-electron chi connectivity index (χ0n) is 10.3. The van der Waals surface area contributed by atoms with Crippen LogP contribution < -0.4 is 0 Å². The molecule has 0 aliphatic rings. The number of nitrogens with zero attached hydrogens (tertiary/aromatic N) is 2. The fourth-order valence-electron chi connectivity index (χ4n) is 1.17. The summed E-state index contributed by atoms with van der Waals surface area (Å²) < 4.78 is 33.7. The van der Waals surface area contributed by atoms with Gasteiger partial charge in [0.2, 0.25) is 0 Å². The predicted octanol–water partition coefficient (Wildman–Crippen LogP) is -1.25. The molecule has 0 aromatic carbocycles. The van der Waals surface area contributed by atoms with Crippen LogP contribution in [0.2, 0.25) is 0 Å². The van der Waals surface area contributed by atoms with Crippen molar-refractivity contribution in [3.63, 3.8) is 0 Å². The molecule has 0 fully saturated rings.